The Balaban J connectivity index is 1.27. The summed E-state index contributed by atoms with van der Waals surface area (Å²) in [5.41, 5.74) is 5.98. The van der Waals surface area contributed by atoms with E-state index >= 15 is 0 Å². The topological polar surface area (TPSA) is 97.8 Å². The van der Waals surface area contributed by atoms with E-state index in [0.29, 0.717) is 29.5 Å². The molecule has 0 bridgehead atoms. The number of aromatic amines is 1. The third-order valence-corrected chi connectivity index (χ3v) is 6.04. The molecule has 1 heterocycles. The lowest BCUT2D eigenvalue weighted by Crippen LogP contribution is -2.18. The van der Waals surface area contributed by atoms with Crippen LogP contribution in [0.15, 0.2) is 96.1 Å². The first kappa shape index (κ1) is 24.6. The normalized spacial score (nSPS) is 11.0. The lowest BCUT2D eigenvalue weighted by Gasteiger charge is -2.12. The number of aromatic nitrogens is 2. The van der Waals surface area contributed by atoms with Crippen LogP contribution in [-0.2, 0) is 6.61 Å². The van der Waals surface area contributed by atoms with Gasteiger partial charge >= 0.3 is 0 Å². The molecular weight excluding hydrogens is 480 g/mol. The van der Waals surface area contributed by atoms with E-state index in [2.05, 4.69) is 45.0 Å². The largest absolute Gasteiger partial charge is 0.493 e. The van der Waals surface area contributed by atoms with Gasteiger partial charge in [0.2, 0.25) is 0 Å². The van der Waals surface area contributed by atoms with Crippen LogP contribution in [0.1, 0.15) is 21.6 Å². The zero-order chi connectivity index (χ0) is 26.3. The number of benzene rings is 4. The molecule has 190 valence electrons. The van der Waals surface area contributed by atoms with E-state index in [1.54, 1.807) is 38.5 Å². The van der Waals surface area contributed by atoms with E-state index in [1.165, 1.54) is 11.6 Å². The van der Waals surface area contributed by atoms with Crippen molar-refractivity contribution in [1.29, 1.82) is 0 Å². The molecule has 0 aliphatic rings. The number of hydrogen-bond donors (Lipinski definition) is 2. The van der Waals surface area contributed by atoms with Crippen LogP contribution >= 0.6 is 0 Å². The van der Waals surface area contributed by atoms with E-state index in [1.807, 2.05) is 42.5 Å². The Morgan fingerprint density at radius 3 is 2.55 bits per heavy atom. The molecular formula is C30H26N4O4. The second kappa shape index (κ2) is 11.3. The zero-order valence-electron chi connectivity index (χ0n) is 21.0. The Morgan fingerprint density at radius 2 is 1.68 bits per heavy atom. The minimum absolute atomic E-state index is 0.272. The molecule has 38 heavy (non-hydrogen) atoms. The van der Waals surface area contributed by atoms with Crippen LogP contribution in [0.5, 0.6) is 17.2 Å². The van der Waals surface area contributed by atoms with Gasteiger partial charge in [-0.3, -0.25) is 9.89 Å². The standard InChI is InChI=1S/C30H26N4O4/c1-36-28-15-14-20(16-29(28)37-2)18-31-34-30(35)26-17-25(32-33-26)24-12-5-6-13-27(24)38-19-22-10-7-9-21-8-3-4-11-23(21)22/h3-18H,19H2,1-2H3,(H,32,33)(H,34,35)/b31-18+. The molecule has 0 aliphatic carbocycles. The maximum Gasteiger partial charge on any atom is 0.289 e. The second-order valence-corrected chi connectivity index (χ2v) is 8.40. The molecule has 4 aromatic carbocycles. The van der Waals surface area contributed by atoms with Crippen molar-refractivity contribution in [1.82, 2.24) is 15.6 Å². The number of carbonyl (C=O) groups is 1. The number of para-hydroxylation sites is 1. The summed E-state index contributed by atoms with van der Waals surface area (Å²) >= 11 is 0. The van der Waals surface area contributed by atoms with Crippen molar-refractivity contribution in [3.8, 4) is 28.5 Å². The summed E-state index contributed by atoms with van der Waals surface area (Å²) in [5, 5.41) is 13.5. The minimum atomic E-state index is -0.422. The van der Waals surface area contributed by atoms with Crippen LogP contribution in [0.4, 0.5) is 0 Å². The molecule has 8 heteroatoms. The van der Waals surface area contributed by atoms with Crippen LogP contribution < -0.4 is 19.6 Å². The molecule has 2 N–H and O–H groups in total. The Kier molecular flexibility index (Phi) is 7.31. The monoisotopic (exact) mass is 506 g/mol. The summed E-state index contributed by atoms with van der Waals surface area (Å²) in [5.74, 6) is 1.43. The third kappa shape index (κ3) is 5.34. The highest BCUT2D eigenvalue weighted by Crippen LogP contribution is 2.30. The Morgan fingerprint density at radius 1 is 0.895 bits per heavy atom. The van der Waals surface area contributed by atoms with Gasteiger partial charge in [0, 0.05) is 5.56 Å². The van der Waals surface area contributed by atoms with Crippen molar-refractivity contribution in [2.75, 3.05) is 14.2 Å². The molecule has 0 saturated carbocycles. The highest BCUT2D eigenvalue weighted by Gasteiger charge is 2.14. The predicted octanol–water partition coefficient (Wildman–Crippen LogP) is 5.59. The minimum Gasteiger partial charge on any atom is -0.493 e. The Bertz CT molecular complexity index is 1600. The van der Waals surface area contributed by atoms with Gasteiger partial charge in [-0.2, -0.15) is 10.2 Å². The highest BCUT2D eigenvalue weighted by atomic mass is 16.5. The fourth-order valence-electron chi connectivity index (χ4n) is 4.11. The predicted molar refractivity (Wildman–Crippen MR) is 147 cm³/mol. The molecule has 0 saturated heterocycles. The molecule has 0 radical (unpaired) electrons. The van der Waals surface area contributed by atoms with Crippen molar-refractivity contribution in [2.45, 2.75) is 6.61 Å². The zero-order valence-corrected chi connectivity index (χ0v) is 21.0. The fraction of sp³-hybridized carbons (Fsp3) is 0.100. The molecule has 0 fully saturated rings. The number of ether oxygens (including phenoxy) is 3. The van der Waals surface area contributed by atoms with Crippen molar-refractivity contribution in [3.05, 3.63) is 108 Å². The number of amides is 1. The summed E-state index contributed by atoms with van der Waals surface area (Å²) in [4.78, 5) is 12.7. The highest BCUT2D eigenvalue weighted by molar-refractivity contribution is 5.94. The molecule has 0 spiro atoms. The van der Waals surface area contributed by atoms with Gasteiger partial charge in [-0.25, -0.2) is 5.43 Å². The lowest BCUT2D eigenvalue weighted by molar-refractivity contribution is 0.0950. The van der Waals surface area contributed by atoms with Crippen LogP contribution in [0.2, 0.25) is 0 Å². The van der Waals surface area contributed by atoms with E-state index < -0.39 is 5.91 Å². The molecule has 1 amide bonds. The molecule has 5 aromatic rings. The van der Waals surface area contributed by atoms with Gasteiger partial charge in [0.15, 0.2) is 11.5 Å². The SMILES string of the molecule is COc1ccc(/C=N/NC(=O)c2cc(-c3ccccc3OCc3cccc4ccccc34)n[nH]2)cc1OC. The number of hydrogen-bond acceptors (Lipinski definition) is 6. The van der Waals surface area contributed by atoms with E-state index in [0.717, 1.165) is 22.1 Å². The van der Waals surface area contributed by atoms with Crippen LogP contribution in [0, 0.1) is 0 Å². The summed E-state index contributed by atoms with van der Waals surface area (Å²) in [6.07, 6.45) is 1.52. The smallest absolute Gasteiger partial charge is 0.289 e. The maximum absolute atomic E-state index is 12.7. The number of methoxy groups -OCH3 is 2. The van der Waals surface area contributed by atoms with Gasteiger partial charge in [0.05, 0.1) is 26.1 Å². The van der Waals surface area contributed by atoms with Crippen molar-refractivity contribution >= 4 is 22.9 Å². The quantitative estimate of drug-likeness (QED) is 0.201. The third-order valence-electron chi connectivity index (χ3n) is 6.04. The summed E-state index contributed by atoms with van der Waals surface area (Å²) in [6.45, 7) is 0.404. The number of carbonyl (C=O) groups excluding carboxylic acids is 1. The summed E-state index contributed by atoms with van der Waals surface area (Å²) in [6, 6.07) is 29.0. The number of hydrazone groups is 1. The van der Waals surface area contributed by atoms with Crippen molar-refractivity contribution in [2.24, 2.45) is 5.10 Å². The van der Waals surface area contributed by atoms with Crippen molar-refractivity contribution in [3.63, 3.8) is 0 Å². The van der Waals surface area contributed by atoms with Gasteiger partial charge in [-0.1, -0.05) is 54.6 Å². The molecule has 5 rings (SSSR count). The Hall–Kier alpha value is -5.11. The Labute approximate surface area is 219 Å². The van der Waals surface area contributed by atoms with Crippen LogP contribution in [0.25, 0.3) is 22.0 Å². The number of nitrogens with zero attached hydrogens (tertiary/aromatic N) is 2. The average Bonchev–Trinajstić information content (AvgIpc) is 3.46. The number of fused-ring (bicyclic) bond motifs is 1. The molecule has 0 unspecified atom stereocenters. The molecule has 0 atom stereocenters. The first-order valence-corrected chi connectivity index (χ1v) is 12.0. The van der Waals surface area contributed by atoms with Gasteiger partial charge in [0.25, 0.3) is 5.91 Å². The lowest BCUT2D eigenvalue weighted by atomic mass is 10.1. The molecule has 0 aliphatic heterocycles. The van der Waals surface area contributed by atoms with Gasteiger partial charge in [-0.05, 0) is 58.3 Å². The van der Waals surface area contributed by atoms with Gasteiger partial charge in [0.1, 0.15) is 18.1 Å². The first-order chi connectivity index (χ1) is 18.7. The average molecular weight is 507 g/mol. The van der Waals surface area contributed by atoms with Gasteiger partial charge < -0.3 is 14.2 Å². The van der Waals surface area contributed by atoms with Crippen molar-refractivity contribution < 1.29 is 19.0 Å². The van der Waals surface area contributed by atoms with E-state index in [4.69, 9.17) is 14.2 Å². The van der Waals surface area contributed by atoms with Gasteiger partial charge in [-0.15, -0.1) is 0 Å². The number of rotatable bonds is 9. The second-order valence-electron chi connectivity index (χ2n) is 8.40. The summed E-state index contributed by atoms with van der Waals surface area (Å²) in [7, 11) is 3.13. The fourth-order valence-corrected chi connectivity index (χ4v) is 4.11. The van der Waals surface area contributed by atoms with Crippen LogP contribution in [-0.4, -0.2) is 36.5 Å². The molecule has 1 aromatic heterocycles. The number of H-pyrrole nitrogens is 1. The molecule has 8 nitrogen and oxygen atoms in total. The maximum atomic E-state index is 12.7. The number of nitrogens with one attached hydrogen (secondary N) is 2. The first-order valence-electron chi connectivity index (χ1n) is 12.0. The summed E-state index contributed by atoms with van der Waals surface area (Å²) < 4.78 is 16.7. The van der Waals surface area contributed by atoms with E-state index in [-0.39, 0.29) is 5.69 Å². The van der Waals surface area contributed by atoms with Crippen LogP contribution in [0.3, 0.4) is 0 Å². The van der Waals surface area contributed by atoms with E-state index in [9.17, 15) is 4.79 Å².